The fourth-order valence-corrected chi connectivity index (χ4v) is 5.41. The largest absolute Gasteiger partial charge is 0.348 e. The molecule has 2 saturated carbocycles. The number of hydrogen-bond donors (Lipinski definition) is 2. The highest BCUT2D eigenvalue weighted by Crippen LogP contribution is 2.43. The summed E-state index contributed by atoms with van der Waals surface area (Å²) in [7, 11) is 0. The molecule has 7 heteroatoms. The van der Waals surface area contributed by atoms with Gasteiger partial charge in [0.1, 0.15) is 17.3 Å². The van der Waals surface area contributed by atoms with Gasteiger partial charge in [0.15, 0.2) is 0 Å². The average Bonchev–Trinajstić information content (AvgIpc) is 3.57. The Morgan fingerprint density at radius 3 is 2.68 bits per heavy atom. The molecule has 6 nitrogen and oxygen atoms in total. The highest BCUT2D eigenvalue weighted by molar-refractivity contribution is 5.95. The van der Waals surface area contributed by atoms with E-state index in [-0.39, 0.29) is 17.6 Å². The van der Waals surface area contributed by atoms with Crippen LogP contribution in [-0.2, 0) is 0 Å². The van der Waals surface area contributed by atoms with Crippen molar-refractivity contribution in [3.05, 3.63) is 65.6 Å². The summed E-state index contributed by atoms with van der Waals surface area (Å²) in [4.78, 5) is 29.3. The summed E-state index contributed by atoms with van der Waals surface area (Å²) in [5.41, 5.74) is 4.14. The highest BCUT2D eigenvalue weighted by atomic mass is 19.1. The van der Waals surface area contributed by atoms with Gasteiger partial charge in [-0.1, -0.05) is 6.92 Å². The smallest absolute Gasteiger partial charge is 0.270 e. The lowest BCUT2D eigenvalue weighted by Crippen LogP contribution is -2.26. The van der Waals surface area contributed by atoms with Crippen molar-refractivity contribution >= 4 is 27.8 Å². The maximum atomic E-state index is 13.9. The molecule has 0 spiro atoms. The van der Waals surface area contributed by atoms with Gasteiger partial charge in [0.25, 0.3) is 5.91 Å². The van der Waals surface area contributed by atoms with Crippen LogP contribution in [0.2, 0.25) is 0 Å². The van der Waals surface area contributed by atoms with Crippen LogP contribution in [0.1, 0.15) is 79.2 Å². The number of rotatable bonds is 5. The van der Waals surface area contributed by atoms with E-state index in [9.17, 15) is 9.18 Å². The molecule has 0 unspecified atom stereocenters. The van der Waals surface area contributed by atoms with Crippen molar-refractivity contribution in [2.75, 3.05) is 0 Å². The van der Waals surface area contributed by atoms with Crippen LogP contribution in [0, 0.1) is 11.7 Å². The molecule has 2 N–H and O–H groups in total. The minimum Gasteiger partial charge on any atom is -0.348 e. The molecule has 2 fully saturated rings. The molecule has 1 amide bonds. The monoisotopic (exact) mass is 457 g/mol. The average molecular weight is 458 g/mol. The zero-order valence-electron chi connectivity index (χ0n) is 19.2. The highest BCUT2D eigenvalue weighted by Gasteiger charge is 2.29. The number of pyridine rings is 2. The summed E-state index contributed by atoms with van der Waals surface area (Å²) < 4.78 is 13.9. The molecule has 0 radical (unpaired) electrons. The van der Waals surface area contributed by atoms with Gasteiger partial charge in [0, 0.05) is 23.5 Å². The minimum atomic E-state index is -0.211. The summed E-state index contributed by atoms with van der Waals surface area (Å²) in [6.07, 6.45) is 9.97. The number of H-pyrrole nitrogens is 1. The van der Waals surface area contributed by atoms with Crippen LogP contribution >= 0.6 is 0 Å². The number of halogens is 1. The van der Waals surface area contributed by atoms with Crippen molar-refractivity contribution in [2.24, 2.45) is 5.92 Å². The number of aromatic nitrogens is 4. The third kappa shape index (κ3) is 4.04. The standard InChI is InChI=1S/C27H28FN5O/c1-15(26-32-23-13-24(30-14-25(23)33-26)27(34)31-19-7-8-19)16-2-4-17(5-3-16)20-10-11-29-22-9-6-18(28)12-21(20)22/h6,9-17,19H,2-5,7-8H2,1H3,(H,31,34)(H,32,33)/t15-,16?,17?/m1/s1. The normalized spacial score (nSPS) is 21.6. The number of nitrogens with one attached hydrogen (secondary N) is 2. The summed E-state index contributed by atoms with van der Waals surface area (Å²) in [5, 5.41) is 3.92. The lowest BCUT2D eigenvalue weighted by molar-refractivity contribution is 0.0946. The predicted molar refractivity (Wildman–Crippen MR) is 129 cm³/mol. The number of carbonyl (C=O) groups is 1. The Hall–Kier alpha value is -3.35. The molecule has 0 saturated heterocycles. The molecule has 0 aliphatic heterocycles. The number of hydrogen-bond acceptors (Lipinski definition) is 4. The molecular formula is C27H28FN5O. The van der Waals surface area contributed by atoms with E-state index in [0.717, 1.165) is 66.3 Å². The number of fused-ring (bicyclic) bond motifs is 2. The van der Waals surface area contributed by atoms with Crippen LogP contribution in [0.25, 0.3) is 21.9 Å². The summed E-state index contributed by atoms with van der Waals surface area (Å²) >= 11 is 0. The minimum absolute atomic E-state index is 0.121. The molecular weight excluding hydrogens is 429 g/mol. The predicted octanol–water partition coefficient (Wildman–Crippen LogP) is 5.61. The number of carbonyl (C=O) groups excluding carboxylic acids is 1. The topological polar surface area (TPSA) is 83.6 Å². The first kappa shape index (κ1) is 21.2. The van der Waals surface area contributed by atoms with E-state index < -0.39 is 0 Å². The second-order valence-electron chi connectivity index (χ2n) is 9.92. The zero-order valence-corrected chi connectivity index (χ0v) is 19.2. The van der Waals surface area contributed by atoms with Crippen molar-refractivity contribution in [1.82, 2.24) is 25.3 Å². The Labute approximate surface area is 197 Å². The molecule has 174 valence electrons. The van der Waals surface area contributed by atoms with E-state index in [4.69, 9.17) is 4.98 Å². The fourth-order valence-electron chi connectivity index (χ4n) is 5.41. The lowest BCUT2D eigenvalue weighted by atomic mass is 9.73. The SMILES string of the molecule is C[C@@H](c1nc2cc(C(=O)NC3CC3)ncc2[nH]1)C1CCC(c2ccnc3ccc(F)cc23)CC1. The van der Waals surface area contributed by atoms with Crippen molar-refractivity contribution in [2.45, 2.75) is 63.3 Å². The fraction of sp³-hybridized carbons (Fsp3) is 0.407. The maximum absolute atomic E-state index is 13.9. The molecule has 1 atom stereocenters. The van der Waals surface area contributed by atoms with Crippen LogP contribution in [0.15, 0.2) is 42.7 Å². The van der Waals surface area contributed by atoms with E-state index in [0.29, 0.717) is 23.6 Å². The lowest BCUT2D eigenvalue weighted by Gasteiger charge is -2.32. The molecule has 4 aromatic rings. The van der Waals surface area contributed by atoms with Gasteiger partial charge < -0.3 is 10.3 Å². The van der Waals surface area contributed by atoms with Crippen molar-refractivity contribution in [1.29, 1.82) is 0 Å². The maximum Gasteiger partial charge on any atom is 0.270 e. The molecule has 3 heterocycles. The zero-order chi connectivity index (χ0) is 23.2. The van der Waals surface area contributed by atoms with Gasteiger partial charge in [0.2, 0.25) is 0 Å². The third-order valence-corrected chi connectivity index (χ3v) is 7.62. The van der Waals surface area contributed by atoms with Crippen molar-refractivity contribution < 1.29 is 9.18 Å². The summed E-state index contributed by atoms with van der Waals surface area (Å²) in [6, 6.07) is 9.00. The Morgan fingerprint density at radius 1 is 1.06 bits per heavy atom. The number of benzene rings is 1. The first-order chi connectivity index (χ1) is 16.5. The molecule has 2 aliphatic carbocycles. The molecule has 3 aromatic heterocycles. The summed E-state index contributed by atoms with van der Waals surface area (Å²) in [5.74, 6) is 1.84. The van der Waals surface area contributed by atoms with Gasteiger partial charge in [-0.25, -0.2) is 14.4 Å². The van der Waals surface area contributed by atoms with Crippen LogP contribution in [-0.4, -0.2) is 31.9 Å². The first-order valence-electron chi connectivity index (χ1n) is 12.3. The van der Waals surface area contributed by atoms with E-state index >= 15 is 0 Å². The quantitative estimate of drug-likeness (QED) is 0.408. The van der Waals surface area contributed by atoms with Crippen molar-refractivity contribution in [3.63, 3.8) is 0 Å². The Balaban J connectivity index is 1.16. The van der Waals surface area contributed by atoms with E-state index in [2.05, 4.69) is 33.3 Å². The molecule has 6 rings (SSSR count). The first-order valence-corrected chi connectivity index (χ1v) is 12.3. The van der Waals surface area contributed by atoms with Gasteiger partial charge in [-0.2, -0.15) is 0 Å². The summed E-state index contributed by atoms with van der Waals surface area (Å²) in [6.45, 7) is 2.23. The second kappa shape index (κ2) is 8.46. The number of aromatic amines is 1. The number of imidazole rings is 1. The van der Waals surface area contributed by atoms with Crippen LogP contribution < -0.4 is 5.32 Å². The Kier molecular flexibility index (Phi) is 5.27. The van der Waals surface area contributed by atoms with Gasteiger partial charge in [-0.05, 0) is 86.3 Å². The molecule has 1 aromatic carbocycles. The van der Waals surface area contributed by atoms with Gasteiger partial charge >= 0.3 is 0 Å². The van der Waals surface area contributed by atoms with Crippen LogP contribution in [0.3, 0.4) is 0 Å². The molecule has 2 aliphatic rings. The van der Waals surface area contributed by atoms with E-state index in [1.165, 1.54) is 11.6 Å². The number of nitrogens with zero attached hydrogens (tertiary/aromatic N) is 3. The third-order valence-electron chi connectivity index (χ3n) is 7.62. The molecule has 34 heavy (non-hydrogen) atoms. The second-order valence-corrected chi connectivity index (χ2v) is 9.92. The van der Waals surface area contributed by atoms with Gasteiger partial charge in [0.05, 0.1) is 22.7 Å². The molecule has 0 bridgehead atoms. The van der Waals surface area contributed by atoms with E-state index in [1.807, 2.05) is 6.20 Å². The van der Waals surface area contributed by atoms with Crippen molar-refractivity contribution in [3.8, 4) is 0 Å². The number of amides is 1. The van der Waals surface area contributed by atoms with Crippen LogP contribution in [0.4, 0.5) is 4.39 Å². The Bertz CT molecular complexity index is 1370. The Morgan fingerprint density at radius 2 is 1.88 bits per heavy atom. The van der Waals surface area contributed by atoms with Gasteiger partial charge in [-0.15, -0.1) is 0 Å². The van der Waals surface area contributed by atoms with Crippen LogP contribution in [0.5, 0.6) is 0 Å². The van der Waals surface area contributed by atoms with E-state index in [1.54, 1.807) is 24.4 Å². The van der Waals surface area contributed by atoms with Gasteiger partial charge in [-0.3, -0.25) is 9.78 Å².